The Kier molecular flexibility index (Phi) is 3.53. The van der Waals surface area contributed by atoms with Crippen LogP contribution in [0.25, 0.3) is 0 Å². The Morgan fingerprint density at radius 2 is 2.10 bits per heavy atom. The van der Waals surface area contributed by atoms with Crippen LogP contribution in [-0.4, -0.2) is 23.0 Å². The maximum atomic E-state index is 12.8. The van der Waals surface area contributed by atoms with E-state index in [0.29, 0.717) is 17.0 Å². The van der Waals surface area contributed by atoms with Crippen molar-refractivity contribution in [2.45, 2.75) is 39.2 Å². The standard InChI is InChI=1S/C17H20N2O2/c1-11-16(12(2)21-18-11)17(20)19(3)15-10-6-8-13-7-4-5-9-14(13)15/h4-5,7,9,15H,6,8,10H2,1-3H3/t15-/m0/s1. The van der Waals surface area contributed by atoms with Crippen LogP contribution in [0.1, 0.15) is 51.8 Å². The Labute approximate surface area is 124 Å². The molecule has 4 nitrogen and oxygen atoms in total. The highest BCUT2D eigenvalue weighted by Crippen LogP contribution is 2.34. The average Bonchev–Trinajstić information content (AvgIpc) is 2.84. The first kappa shape index (κ1) is 13.9. The fourth-order valence-electron chi connectivity index (χ4n) is 3.24. The third-order valence-electron chi connectivity index (χ3n) is 4.37. The van der Waals surface area contributed by atoms with Gasteiger partial charge in [0.2, 0.25) is 0 Å². The summed E-state index contributed by atoms with van der Waals surface area (Å²) in [6.07, 6.45) is 3.21. The Balaban J connectivity index is 1.93. The summed E-state index contributed by atoms with van der Waals surface area (Å²) in [5.74, 6) is 0.585. The van der Waals surface area contributed by atoms with Crippen molar-refractivity contribution < 1.29 is 9.32 Å². The Hall–Kier alpha value is -2.10. The molecular formula is C17H20N2O2. The highest BCUT2D eigenvalue weighted by molar-refractivity contribution is 5.96. The SMILES string of the molecule is Cc1noc(C)c1C(=O)N(C)[C@H]1CCCc2ccccc21. The molecule has 110 valence electrons. The molecule has 0 saturated carbocycles. The third-order valence-corrected chi connectivity index (χ3v) is 4.37. The molecule has 0 aliphatic heterocycles. The summed E-state index contributed by atoms with van der Waals surface area (Å²) in [5.41, 5.74) is 3.88. The first-order valence-electron chi connectivity index (χ1n) is 7.37. The van der Waals surface area contributed by atoms with Gasteiger partial charge in [0.15, 0.2) is 0 Å². The number of amides is 1. The number of nitrogens with zero attached hydrogens (tertiary/aromatic N) is 2. The number of carbonyl (C=O) groups excluding carboxylic acids is 1. The summed E-state index contributed by atoms with van der Waals surface area (Å²) in [6.45, 7) is 3.60. The van der Waals surface area contributed by atoms with E-state index >= 15 is 0 Å². The smallest absolute Gasteiger partial charge is 0.259 e. The normalized spacial score (nSPS) is 17.4. The van der Waals surface area contributed by atoms with Crippen molar-refractivity contribution in [3.8, 4) is 0 Å². The maximum Gasteiger partial charge on any atom is 0.259 e. The molecule has 1 aromatic carbocycles. The second-order valence-electron chi connectivity index (χ2n) is 5.72. The van der Waals surface area contributed by atoms with Crippen LogP contribution in [0.3, 0.4) is 0 Å². The molecule has 4 heteroatoms. The fourth-order valence-corrected chi connectivity index (χ4v) is 3.24. The van der Waals surface area contributed by atoms with Gasteiger partial charge in [-0.15, -0.1) is 0 Å². The molecular weight excluding hydrogens is 264 g/mol. The number of hydrogen-bond acceptors (Lipinski definition) is 3. The van der Waals surface area contributed by atoms with Crippen molar-refractivity contribution in [1.82, 2.24) is 10.1 Å². The van der Waals surface area contributed by atoms with Gasteiger partial charge in [0, 0.05) is 7.05 Å². The lowest BCUT2D eigenvalue weighted by Crippen LogP contribution is -2.33. The van der Waals surface area contributed by atoms with E-state index < -0.39 is 0 Å². The molecule has 0 unspecified atom stereocenters. The zero-order chi connectivity index (χ0) is 15.0. The van der Waals surface area contributed by atoms with Gasteiger partial charge in [0.1, 0.15) is 11.3 Å². The molecule has 0 N–H and O–H groups in total. The van der Waals surface area contributed by atoms with Crippen molar-refractivity contribution >= 4 is 5.91 Å². The van der Waals surface area contributed by atoms with Gasteiger partial charge in [0.05, 0.1) is 11.7 Å². The van der Waals surface area contributed by atoms with Crippen LogP contribution in [0.5, 0.6) is 0 Å². The molecule has 0 spiro atoms. The molecule has 0 bridgehead atoms. The van der Waals surface area contributed by atoms with E-state index in [1.54, 1.807) is 6.92 Å². The first-order chi connectivity index (χ1) is 10.1. The monoisotopic (exact) mass is 284 g/mol. The average molecular weight is 284 g/mol. The minimum absolute atomic E-state index is 0.00652. The summed E-state index contributed by atoms with van der Waals surface area (Å²) in [5, 5.41) is 3.89. The highest BCUT2D eigenvalue weighted by Gasteiger charge is 2.29. The van der Waals surface area contributed by atoms with Gasteiger partial charge in [-0.25, -0.2) is 0 Å². The highest BCUT2D eigenvalue weighted by atomic mass is 16.5. The molecule has 1 amide bonds. The lowest BCUT2D eigenvalue weighted by molar-refractivity contribution is 0.0712. The van der Waals surface area contributed by atoms with Crippen LogP contribution >= 0.6 is 0 Å². The fraction of sp³-hybridized carbons (Fsp3) is 0.412. The van der Waals surface area contributed by atoms with Gasteiger partial charge < -0.3 is 9.42 Å². The van der Waals surface area contributed by atoms with E-state index in [4.69, 9.17) is 4.52 Å². The summed E-state index contributed by atoms with van der Waals surface area (Å²) in [7, 11) is 1.88. The second kappa shape index (κ2) is 5.35. The summed E-state index contributed by atoms with van der Waals surface area (Å²) < 4.78 is 5.13. The predicted molar refractivity (Wildman–Crippen MR) is 80.2 cm³/mol. The molecule has 21 heavy (non-hydrogen) atoms. The van der Waals surface area contributed by atoms with E-state index in [1.165, 1.54) is 11.1 Å². The Bertz CT molecular complexity index is 656. The summed E-state index contributed by atoms with van der Waals surface area (Å²) in [4.78, 5) is 14.6. The van der Waals surface area contributed by atoms with Gasteiger partial charge in [-0.3, -0.25) is 4.79 Å². The third kappa shape index (κ3) is 2.35. The predicted octanol–water partition coefficient (Wildman–Crippen LogP) is 3.44. The largest absolute Gasteiger partial charge is 0.361 e. The van der Waals surface area contributed by atoms with Crippen molar-refractivity contribution in [2.75, 3.05) is 7.05 Å². The molecule has 0 fully saturated rings. The summed E-state index contributed by atoms with van der Waals surface area (Å²) in [6, 6.07) is 8.55. The van der Waals surface area contributed by atoms with Gasteiger partial charge >= 0.3 is 0 Å². The minimum atomic E-state index is -0.00652. The zero-order valence-corrected chi connectivity index (χ0v) is 12.7. The molecule has 0 saturated heterocycles. The molecule has 1 aliphatic rings. The molecule has 1 aromatic heterocycles. The number of carbonyl (C=O) groups is 1. The molecule has 2 aromatic rings. The van der Waals surface area contributed by atoms with Crippen LogP contribution < -0.4 is 0 Å². The number of benzene rings is 1. The molecule has 1 heterocycles. The van der Waals surface area contributed by atoms with Crippen molar-refractivity contribution in [2.24, 2.45) is 0 Å². The van der Waals surface area contributed by atoms with Crippen LogP contribution in [0, 0.1) is 13.8 Å². The lowest BCUT2D eigenvalue weighted by Gasteiger charge is -2.33. The van der Waals surface area contributed by atoms with Crippen LogP contribution in [0.15, 0.2) is 28.8 Å². The van der Waals surface area contributed by atoms with Crippen LogP contribution in [0.2, 0.25) is 0 Å². The van der Waals surface area contributed by atoms with Crippen LogP contribution in [-0.2, 0) is 6.42 Å². The lowest BCUT2D eigenvalue weighted by atomic mass is 9.87. The van der Waals surface area contributed by atoms with Gasteiger partial charge in [-0.05, 0) is 44.2 Å². The summed E-state index contributed by atoms with van der Waals surface area (Å²) >= 11 is 0. The first-order valence-corrected chi connectivity index (χ1v) is 7.37. The van der Waals surface area contributed by atoms with Crippen molar-refractivity contribution in [1.29, 1.82) is 0 Å². The number of rotatable bonds is 2. The van der Waals surface area contributed by atoms with E-state index in [0.717, 1.165) is 19.3 Å². The topological polar surface area (TPSA) is 46.3 Å². The number of fused-ring (bicyclic) bond motifs is 1. The molecule has 1 atom stereocenters. The van der Waals surface area contributed by atoms with E-state index in [9.17, 15) is 4.79 Å². The Morgan fingerprint density at radius 3 is 2.81 bits per heavy atom. The van der Waals surface area contributed by atoms with Gasteiger partial charge in [-0.1, -0.05) is 29.4 Å². The maximum absolute atomic E-state index is 12.8. The number of aromatic nitrogens is 1. The molecule has 3 rings (SSSR count). The van der Waals surface area contributed by atoms with E-state index in [2.05, 4.69) is 23.4 Å². The number of hydrogen-bond donors (Lipinski definition) is 0. The van der Waals surface area contributed by atoms with Crippen molar-refractivity contribution in [3.05, 3.63) is 52.4 Å². The molecule has 1 aliphatic carbocycles. The van der Waals surface area contributed by atoms with Gasteiger partial charge in [0.25, 0.3) is 5.91 Å². The van der Waals surface area contributed by atoms with E-state index in [1.807, 2.05) is 24.9 Å². The van der Waals surface area contributed by atoms with Crippen LogP contribution in [0.4, 0.5) is 0 Å². The zero-order valence-electron chi connectivity index (χ0n) is 12.7. The Morgan fingerprint density at radius 1 is 1.33 bits per heavy atom. The minimum Gasteiger partial charge on any atom is -0.361 e. The van der Waals surface area contributed by atoms with E-state index in [-0.39, 0.29) is 11.9 Å². The van der Waals surface area contributed by atoms with Gasteiger partial charge in [-0.2, -0.15) is 0 Å². The molecule has 0 radical (unpaired) electrons. The number of aryl methyl sites for hydroxylation is 3. The second-order valence-corrected chi connectivity index (χ2v) is 5.72. The quantitative estimate of drug-likeness (QED) is 0.848. The van der Waals surface area contributed by atoms with Crippen molar-refractivity contribution in [3.63, 3.8) is 0 Å².